The van der Waals surface area contributed by atoms with Gasteiger partial charge < -0.3 is 20.4 Å². The number of likely N-dealkylation sites (tertiary alicyclic amines) is 1. The molecule has 0 spiro atoms. The molecule has 2 rings (SSSR count). The van der Waals surface area contributed by atoms with Gasteiger partial charge >= 0.3 is 6.03 Å². The van der Waals surface area contributed by atoms with E-state index in [9.17, 15) is 15.0 Å². The van der Waals surface area contributed by atoms with E-state index in [2.05, 4.69) is 5.32 Å². The Morgan fingerprint density at radius 2 is 1.89 bits per heavy atom. The highest BCUT2D eigenvalue weighted by Gasteiger charge is 2.22. The quantitative estimate of drug-likeness (QED) is 0.760. The molecule has 1 aliphatic heterocycles. The molecule has 0 bridgehead atoms. The number of hydrogen-bond acceptors (Lipinski definition) is 3. The largest absolute Gasteiger partial charge is 0.508 e. The lowest BCUT2D eigenvalue weighted by Gasteiger charge is -2.30. The fraction of sp³-hybridized carbons (Fsp3) is 0.500. The summed E-state index contributed by atoms with van der Waals surface area (Å²) in [6.07, 6.45) is 1.00. The minimum absolute atomic E-state index is 0.104. The van der Waals surface area contributed by atoms with Crippen molar-refractivity contribution in [2.45, 2.75) is 31.9 Å². The van der Waals surface area contributed by atoms with Gasteiger partial charge in [-0.1, -0.05) is 12.1 Å². The Kier molecular flexibility index (Phi) is 4.27. The van der Waals surface area contributed by atoms with Crippen LogP contribution in [0.3, 0.4) is 0 Å². The molecule has 0 aromatic heterocycles. The molecule has 19 heavy (non-hydrogen) atoms. The number of nitrogens with zero attached hydrogens (tertiary/aromatic N) is 1. The molecule has 1 aromatic carbocycles. The summed E-state index contributed by atoms with van der Waals surface area (Å²) in [5, 5.41) is 21.6. The van der Waals surface area contributed by atoms with Crippen LogP contribution in [0.15, 0.2) is 24.3 Å². The van der Waals surface area contributed by atoms with Gasteiger partial charge in [-0.3, -0.25) is 0 Å². The molecule has 3 N–H and O–H groups in total. The van der Waals surface area contributed by atoms with E-state index in [1.54, 1.807) is 29.2 Å². The minimum Gasteiger partial charge on any atom is -0.508 e. The van der Waals surface area contributed by atoms with Crippen LogP contribution in [0.4, 0.5) is 4.79 Å². The molecule has 1 aliphatic rings. The van der Waals surface area contributed by atoms with Gasteiger partial charge in [-0.2, -0.15) is 0 Å². The van der Waals surface area contributed by atoms with Gasteiger partial charge in [0, 0.05) is 13.1 Å². The van der Waals surface area contributed by atoms with Crippen LogP contribution in [0.25, 0.3) is 0 Å². The lowest BCUT2D eigenvalue weighted by atomic mass is 10.1. The maximum absolute atomic E-state index is 12.0. The van der Waals surface area contributed by atoms with Crippen LogP contribution < -0.4 is 5.32 Å². The zero-order chi connectivity index (χ0) is 13.8. The predicted molar refractivity (Wildman–Crippen MR) is 71.9 cm³/mol. The topological polar surface area (TPSA) is 72.8 Å². The number of phenolic OH excluding ortho intramolecular Hbond substituents is 1. The van der Waals surface area contributed by atoms with Crippen molar-refractivity contribution in [2.24, 2.45) is 0 Å². The summed E-state index contributed by atoms with van der Waals surface area (Å²) < 4.78 is 0. The first-order chi connectivity index (χ1) is 9.06. The smallest absolute Gasteiger partial charge is 0.317 e. The Hall–Kier alpha value is -1.75. The van der Waals surface area contributed by atoms with Gasteiger partial charge in [0.25, 0.3) is 0 Å². The molecule has 2 amide bonds. The first-order valence-electron chi connectivity index (χ1n) is 6.58. The van der Waals surface area contributed by atoms with Crippen molar-refractivity contribution in [3.05, 3.63) is 29.8 Å². The Bertz CT molecular complexity index is 425. The number of carbonyl (C=O) groups is 1. The van der Waals surface area contributed by atoms with Crippen LogP contribution in [0.5, 0.6) is 5.75 Å². The van der Waals surface area contributed by atoms with Gasteiger partial charge in [0.15, 0.2) is 0 Å². The molecule has 5 nitrogen and oxygen atoms in total. The van der Waals surface area contributed by atoms with Crippen LogP contribution in [0, 0.1) is 0 Å². The summed E-state index contributed by atoms with van der Waals surface area (Å²) in [6.45, 7) is 3.09. The highest BCUT2D eigenvalue weighted by atomic mass is 16.3. The van der Waals surface area contributed by atoms with Crippen molar-refractivity contribution in [1.82, 2.24) is 10.2 Å². The third kappa shape index (κ3) is 3.61. The number of rotatable bonds is 2. The summed E-state index contributed by atoms with van der Waals surface area (Å²) in [4.78, 5) is 13.8. The van der Waals surface area contributed by atoms with E-state index in [0.717, 1.165) is 5.56 Å². The molecule has 1 fully saturated rings. The van der Waals surface area contributed by atoms with E-state index in [1.807, 2.05) is 6.92 Å². The average molecular weight is 264 g/mol. The summed E-state index contributed by atoms with van der Waals surface area (Å²) >= 11 is 0. The number of piperidine rings is 1. The summed E-state index contributed by atoms with van der Waals surface area (Å²) in [6, 6.07) is 6.58. The Morgan fingerprint density at radius 1 is 1.32 bits per heavy atom. The first-order valence-corrected chi connectivity index (χ1v) is 6.58. The Morgan fingerprint density at radius 3 is 2.47 bits per heavy atom. The molecule has 1 heterocycles. The fourth-order valence-electron chi connectivity index (χ4n) is 2.19. The van der Waals surface area contributed by atoms with E-state index in [1.165, 1.54) is 0 Å². The lowest BCUT2D eigenvalue weighted by molar-refractivity contribution is 0.0930. The maximum Gasteiger partial charge on any atom is 0.317 e. The fourth-order valence-corrected chi connectivity index (χ4v) is 2.19. The summed E-state index contributed by atoms with van der Waals surface area (Å²) in [7, 11) is 0. The van der Waals surface area contributed by atoms with Crippen molar-refractivity contribution in [3.63, 3.8) is 0 Å². The molecule has 5 heteroatoms. The molecular weight excluding hydrogens is 244 g/mol. The van der Waals surface area contributed by atoms with Crippen molar-refractivity contribution in [3.8, 4) is 5.75 Å². The molecule has 1 atom stereocenters. The number of aliphatic hydroxyl groups excluding tert-OH is 1. The van der Waals surface area contributed by atoms with Gasteiger partial charge in [-0.05, 0) is 37.5 Å². The molecule has 0 radical (unpaired) electrons. The van der Waals surface area contributed by atoms with Crippen LogP contribution in [-0.4, -0.2) is 40.3 Å². The van der Waals surface area contributed by atoms with Crippen LogP contribution in [0.2, 0.25) is 0 Å². The molecular formula is C14H20N2O3. The number of hydrogen-bond donors (Lipinski definition) is 3. The minimum atomic E-state index is -0.279. The normalized spacial score (nSPS) is 18.1. The van der Waals surface area contributed by atoms with Gasteiger partial charge in [-0.25, -0.2) is 4.79 Å². The Labute approximate surface area is 112 Å². The number of carbonyl (C=O) groups excluding carboxylic acids is 1. The standard InChI is InChI=1S/C14H20N2O3/c1-10(11-2-4-12(17)5-3-11)15-14(19)16-8-6-13(18)7-9-16/h2-5,10,13,17-18H,6-9H2,1H3,(H,15,19)/t10-/m0/s1. The molecule has 104 valence electrons. The van der Waals surface area contributed by atoms with E-state index in [0.29, 0.717) is 25.9 Å². The van der Waals surface area contributed by atoms with Crippen molar-refractivity contribution in [1.29, 1.82) is 0 Å². The van der Waals surface area contributed by atoms with Crippen molar-refractivity contribution < 1.29 is 15.0 Å². The number of amides is 2. The van der Waals surface area contributed by atoms with E-state index < -0.39 is 0 Å². The van der Waals surface area contributed by atoms with Gasteiger partial charge in [0.2, 0.25) is 0 Å². The first kappa shape index (κ1) is 13.7. The summed E-state index contributed by atoms with van der Waals surface area (Å²) in [5.41, 5.74) is 0.947. The highest BCUT2D eigenvalue weighted by molar-refractivity contribution is 5.74. The second kappa shape index (κ2) is 5.93. The lowest BCUT2D eigenvalue weighted by Crippen LogP contribution is -2.46. The van der Waals surface area contributed by atoms with E-state index in [4.69, 9.17) is 0 Å². The molecule has 1 saturated heterocycles. The molecule has 0 saturated carbocycles. The number of aromatic hydroxyl groups is 1. The number of urea groups is 1. The summed E-state index contributed by atoms with van der Waals surface area (Å²) in [5.74, 6) is 0.215. The third-order valence-electron chi connectivity index (χ3n) is 3.48. The number of aliphatic hydroxyl groups is 1. The van der Waals surface area contributed by atoms with E-state index >= 15 is 0 Å². The van der Waals surface area contributed by atoms with Crippen LogP contribution in [-0.2, 0) is 0 Å². The van der Waals surface area contributed by atoms with Crippen molar-refractivity contribution >= 4 is 6.03 Å². The number of nitrogens with one attached hydrogen (secondary N) is 1. The predicted octanol–water partition coefficient (Wildman–Crippen LogP) is 1.62. The zero-order valence-electron chi connectivity index (χ0n) is 11.0. The number of phenols is 1. The molecule has 1 aromatic rings. The zero-order valence-corrected chi connectivity index (χ0v) is 11.0. The third-order valence-corrected chi connectivity index (χ3v) is 3.48. The second-order valence-electron chi connectivity index (χ2n) is 4.98. The van der Waals surface area contributed by atoms with Gasteiger partial charge in [-0.15, -0.1) is 0 Å². The van der Waals surface area contributed by atoms with Gasteiger partial charge in [0.1, 0.15) is 5.75 Å². The average Bonchev–Trinajstić information content (AvgIpc) is 2.40. The van der Waals surface area contributed by atoms with Gasteiger partial charge in [0.05, 0.1) is 12.1 Å². The molecule has 0 unspecified atom stereocenters. The molecule has 0 aliphatic carbocycles. The Balaban J connectivity index is 1.89. The second-order valence-corrected chi connectivity index (χ2v) is 4.98. The van der Waals surface area contributed by atoms with Crippen molar-refractivity contribution in [2.75, 3.05) is 13.1 Å². The SMILES string of the molecule is C[C@H](NC(=O)N1CCC(O)CC1)c1ccc(O)cc1. The van der Waals surface area contributed by atoms with Crippen LogP contribution >= 0.6 is 0 Å². The number of benzene rings is 1. The highest BCUT2D eigenvalue weighted by Crippen LogP contribution is 2.17. The van der Waals surface area contributed by atoms with Crippen LogP contribution in [0.1, 0.15) is 31.4 Å². The monoisotopic (exact) mass is 264 g/mol. The van der Waals surface area contributed by atoms with E-state index in [-0.39, 0.29) is 23.9 Å². The maximum atomic E-state index is 12.0.